The van der Waals surface area contributed by atoms with Crippen molar-refractivity contribution in [3.8, 4) is 0 Å². The van der Waals surface area contributed by atoms with Gasteiger partial charge in [0.25, 0.3) is 0 Å². The van der Waals surface area contributed by atoms with E-state index >= 15 is 0 Å². The van der Waals surface area contributed by atoms with E-state index in [1.54, 1.807) is 0 Å². The minimum atomic E-state index is -0.667. The predicted octanol–water partition coefficient (Wildman–Crippen LogP) is 3.93. The molecule has 6 heteroatoms. The van der Waals surface area contributed by atoms with Crippen LogP contribution in [0.3, 0.4) is 0 Å². The van der Waals surface area contributed by atoms with Crippen molar-refractivity contribution in [2.24, 2.45) is 5.73 Å². The zero-order valence-corrected chi connectivity index (χ0v) is 12.1. The van der Waals surface area contributed by atoms with E-state index in [1.165, 1.54) is 11.3 Å². The molecule has 1 heterocycles. The van der Waals surface area contributed by atoms with E-state index in [0.717, 1.165) is 27.7 Å². The maximum atomic E-state index is 13.7. The summed E-state index contributed by atoms with van der Waals surface area (Å²) in [6.45, 7) is 3.87. The maximum absolute atomic E-state index is 13.7. The predicted molar refractivity (Wildman–Crippen MR) is 73.6 cm³/mol. The summed E-state index contributed by atoms with van der Waals surface area (Å²) >= 11 is 7.03. The van der Waals surface area contributed by atoms with Gasteiger partial charge in [-0.25, -0.2) is 13.8 Å². The average Bonchev–Trinajstić information content (AvgIpc) is 2.62. The Kier molecular flexibility index (Phi) is 4.18. The third-order valence-electron chi connectivity index (χ3n) is 2.91. The number of nitrogens with two attached hydrogens (primary N) is 1. The lowest BCUT2D eigenvalue weighted by Gasteiger charge is -2.12. The van der Waals surface area contributed by atoms with Gasteiger partial charge in [0.1, 0.15) is 11.6 Å². The minimum absolute atomic E-state index is 0.118. The SMILES string of the molecule is Cc1nc(CC(N)c2cc(F)c(Cl)cc2F)sc1C. The fraction of sp³-hybridized carbons (Fsp3) is 0.308. The fourth-order valence-corrected chi connectivity index (χ4v) is 2.89. The molecular formula is C13H13ClF2N2S. The van der Waals surface area contributed by atoms with Crippen molar-refractivity contribution >= 4 is 22.9 Å². The Balaban J connectivity index is 2.24. The Labute approximate surface area is 119 Å². The Hall–Kier alpha value is -1.04. The molecule has 19 heavy (non-hydrogen) atoms. The lowest BCUT2D eigenvalue weighted by molar-refractivity contribution is 0.561. The number of benzene rings is 1. The number of aromatic nitrogens is 1. The fourth-order valence-electron chi connectivity index (χ4n) is 1.75. The van der Waals surface area contributed by atoms with Gasteiger partial charge < -0.3 is 5.73 Å². The van der Waals surface area contributed by atoms with Crippen molar-refractivity contribution in [3.05, 3.63) is 49.9 Å². The molecule has 0 saturated heterocycles. The highest BCUT2D eigenvalue weighted by Gasteiger charge is 2.17. The molecule has 1 aromatic heterocycles. The van der Waals surface area contributed by atoms with Gasteiger partial charge in [-0.05, 0) is 26.0 Å². The van der Waals surface area contributed by atoms with Crippen LogP contribution in [0.4, 0.5) is 8.78 Å². The maximum Gasteiger partial charge on any atom is 0.142 e. The summed E-state index contributed by atoms with van der Waals surface area (Å²) < 4.78 is 27.1. The van der Waals surface area contributed by atoms with Gasteiger partial charge in [0.05, 0.1) is 15.7 Å². The number of halogens is 3. The van der Waals surface area contributed by atoms with Crippen LogP contribution in [0.15, 0.2) is 12.1 Å². The van der Waals surface area contributed by atoms with Crippen molar-refractivity contribution in [1.29, 1.82) is 0 Å². The number of aryl methyl sites for hydroxylation is 2. The van der Waals surface area contributed by atoms with E-state index in [2.05, 4.69) is 4.98 Å². The summed E-state index contributed by atoms with van der Waals surface area (Å²) in [6.07, 6.45) is 0.372. The van der Waals surface area contributed by atoms with Crippen LogP contribution in [-0.4, -0.2) is 4.98 Å². The monoisotopic (exact) mass is 302 g/mol. The van der Waals surface area contributed by atoms with Gasteiger partial charge in [-0.15, -0.1) is 11.3 Å². The van der Waals surface area contributed by atoms with E-state index in [9.17, 15) is 8.78 Å². The van der Waals surface area contributed by atoms with E-state index in [4.69, 9.17) is 17.3 Å². The Morgan fingerprint density at radius 3 is 2.58 bits per heavy atom. The minimum Gasteiger partial charge on any atom is -0.324 e. The zero-order chi connectivity index (χ0) is 14.2. The molecule has 0 amide bonds. The van der Waals surface area contributed by atoms with Crippen LogP contribution in [-0.2, 0) is 6.42 Å². The summed E-state index contributed by atoms with van der Waals surface area (Å²) in [5.74, 6) is -1.26. The lowest BCUT2D eigenvalue weighted by atomic mass is 10.0. The molecule has 2 rings (SSSR count). The highest BCUT2D eigenvalue weighted by atomic mass is 35.5. The molecule has 0 aliphatic rings. The second-order valence-electron chi connectivity index (χ2n) is 4.35. The molecule has 0 saturated carbocycles. The Morgan fingerprint density at radius 1 is 1.32 bits per heavy atom. The first kappa shape index (κ1) is 14.4. The van der Waals surface area contributed by atoms with Gasteiger partial charge in [0, 0.05) is 22.9 Å². The Bertz CT molecular complexity index is 593. The van der Waals surface area contributed by atoms with Gasteiger partial charge >= 0.3 is 0 Å². The van der Waals surface area contributed by atoms with E-state index in [-0.39, 0.29) is 10.6 Å². The van der Waals surface area contributed by atoms with Crippen molar-refractivity contribution in [3.63, 3.8) is 0 Å². The summed E-state index contributed by atoms with van der Waals surface area (Å²) in [7, 11) is 0. The van der Waals surface area contributed by atoms with Crippen LogP contribution in [0.2, 0.25) is 5.02 Å². The van der Waals surface area contributed by atoms with Crippen LogP contribution in [0.25, 0.3) is 0 Å². The van der Waals surface area contributed by atoms with Gasteiger partial charge in [-0.1, -0.05) is 11.6 Å². The molecule has 0 fully saturated rings. The largest absolute Gasteiger partial charge is 0.324 e. The topological polar surface area (TPSA) is 38.9 Å². The standard InChI is InChI=1S/C13H13ClF2N2S/c1-6-7(2)19-13(18-6)5-12(17)8-3-11(16)9(14)4-10(8)15/h3-4,12H,5,17H2,1-2H3. The smallest absolute Gasteiger partial charge is 0.142 e. The second kappa shape index (κ2) is 5.53. The molecule has 2 nitrogen and oxygen atoms in total. The van der Waals surface area contributed by atoms with Crippen molar-refractivity contribution < 1.29 is 8.78 Å². The highest BCUT2D eigenvalue weighted by Crippen LogP contribution is 2.26. The Morgan fingerprint density at radius 2 is 2.00 bits per heavy atom. The molecule has 1 aromatic carbocycles. The summed E-state index contributed by atoms with van der Waals surface area (Å²) in [4.78, 5) is 5.44. The number of rotatable bonds is 3. The molecule has 0 aliphatic carbocycles. The van der Waals surface area contributed by atoms with Crippen molar-refractivity contribution in [2.45, 2.75) is 26.3 Å². The average molecular weight is 303 g/mol. The van der Waals surface area contributed by atoms with Crippen molar-refractivity contribution in [2.75, 3.05) is 0 Å². The summed E-state index contributed by atoms with van der Waals surface area (Å²) in [6, 6.07) is 1.36. The molecule has 1 unspecified atom stereocenters. The third kappa shape index (κ3) is 3.11. The summed E-state index contributed by atoms with van der Waals surface area (Å²) in [5.41, 5.74) is 6.98. The number of hydrogen-bond acceptors (Lipinski definition) is 3. The zero-order valence-electron chi connectivity index (χ0n) is 10.5. The van der Waals surface area contributed by atoms with Crippen molar-refractivity contribution in [1.82, 2.24) is 4.98 Å². The molecule has 0 bridgehead atoms. The van der Waals surface area contributed by atoms with E-state index < -0.39 is 17.7 Å². The van der Waals surface area contributed by atoms with Crippen LogP contribution < -0.4 is 5.73 Å². The lowest BCUT2D eigenvalue weighted by Crippen LogP contribution is -2.15. The molecule has 2 N–H and O–H groups in total. The first-order valence-corrected chi connectivity index (χ1v) is 6.91. The van der Waals surface area contributed by atoms with Crippen LogP contribution in [0.5, 0.6) is 0 Å². The molecule has 0 spiro atoms. The summed E-state index contributed by atoms with van der Waals surface area (Å²) in [5, 5.41) is 0.576. The van der Waals surface area contributed by atoms with E-state index in [1.807, 2.05) is 13.8 Å². The van der Waals surface area contributed by atoms with Crippen LogP contribution in [0.1, 0.15) is 27.2 Å². The number of hydrogen-bond donors (Lipinski definition) is 1. The van der Waals surface area contributed by atoms with E-state index in [0.29, 0.717) is 6.42 Å². The van der Waals surface area contributed by atoms with Gasteiger partial charge in [-0.3, -0.25) is 0 Å². The van der Waals surface area contributed by atoms with Gasteiger partial charge in [0.2, 0.25) is 0 Å². The number of thiazole rings is 1. The first-order chi connectivity index (χ1) is 8.88. The molecule has 0 aliphatic heterocycles. The normalized spacial score (nSPS) is 12.7. The quantitative estimate of drug-likeness (QED) is 0.872. The second-order valence-corrected chi connectivity index (χ2v) is 6.04. The molecular weight excluding hydrogens is 290 g/mol. The third-order valence-corrected chi connectivity index (χ3v) is 4.29. The molecule has 2 aromatic rings. The first-order valence-electron chi connectivity index (χ1n) is 5.71. The van der Waals surface area contributed by atoms with Gasteiger partial charge in [0.15, 0.2) is 0 Å². The molecule has 1 atom stereocenters. The molecule has 102 valence electrons. The van der Waals surface area contributed by atoms with Gasteiger partial charge in [-0.2, -0.15) is 0 Å². The highest BCUT2D eigenvalue weighted by molar-refractivity contribution is 7.11. The number of nitrogens with zero attached hydrogens (tertiary/aromatic N) is 1. The van der Waals surface area contributed by atoms with Crippen LogP contribution >= 0.6 is 22.9 Å². The van der Waals surface area contributed by atoms with Crippen LogP contribution in [0, 0.1) is 25.5 Å². The molecule has 0 radical (unpaired) electrons.